The van der Waals surface area contributed by atoms with Gasteiger partial charge in [-0.1, -0.05) is 0 Å². The first-order valence-corrected chi connectivity index (χ1v) is 11.0. The zero-order valence-corrected chi connectivity index (χ0v) is 18.5. The van der Waals surface area contributed by atoms with Crippen LogP contribution in [-0.4, -0.2) is 64.7 Å². The molecule has 1 unspecified atom stereocenters. The number of hydrogen-bond donors (Lipinski definition) is 0. The molecule has 0 bridgehead atoms. The molecule has 0 aromatic heterocycles. The highest BCUT2D eigenvalue weighted by molar-refractivity contribution is 7.89. The number of sulfonamides is 1. The topological polar surface area (TPSA) is 102 Å². The van der Waals surface area contributed by atoms with Crippen molar-refractivity contribution in [1.82, 2.24) is 4.31 Å². The highest BCUT2D eigenvalue weighted by atomic mass is 32.2. The Kier molecular flexibility index (Phi) is 7.24. The second-order valence-electron chi connectivity index (χ2n) is 6.91. The van der Waals surface area contributed by atoms with Crippen molar-refractivity contribution in [3.63, 3.8) is 0 Å². The Morgan fingerprint density at radius 2 is 1.62 bits per heavy atom. The number of carbonyl (C=O) groups excluding carboxylic acids is 2. The molecule has 11 heteroatoms. The van der Waals surface area contributed by atoms with Crippen LogP contribution < -0.4 is 9.64 Å². The van der Waals surface area contributed by atoms with E-state index in [1.165, 1.54) is 57.7 Å². The Morgan fingerprint density at radius 1 is 1.03 bits per heavy atom. The SMILES string of the molecule is COc1ccc(S(=O)(=O)N(CC(OC)OC)C2CC(=O)N(c3ccc(F)cc3)C2=O)cc1. The third-order valence-electron chi connectivity index (χ3n) is 5.08. The number of methoxy groups -OCH3 is 3. The van der Waals surface area contributed by atoms with E-state index in [0.29, 0.717) is 5.75 Å². The van der Waals surface area contributed by atoms with E-state index in [-0.39, 0.29) is 23.5 Å². The maximum atomic E-state index is 13.5. The molecule has 9 nitrogen and oxygen atoms in total. The van der Waals surface area contributed by atoms with Crippen molar-refractivity contribution in [3.05, 3.63) is 54.3 Å². The van der Waals surface area contributed by atoms with Gasteiger partial charge >= 0.3 is 0 Å². The maximum absolute atomic E-state index is 13.5. The first kappa shape index (κ1) is 23.8. The number of halogens is 1. The molecule has 0 spiro atoms. The van der Waals surface area contributed by atoms with Crippen LogP contribution in [0.5, 0.6) is 5.75 Å². The van der Waals surface area contributed by atoms with Gasteiger partial charge in [-0.05, 0) is 48.5 Å². The fourth-order valence-electron chi connectivity index (χ4n) is 3.37. The summed E-state index contributed by atoms with van der Waals surface area (Å²) in [4.78, 5) is 26.6. The molecule has 0 aliphatic carbocycles. The van der Waals surface area contributed by atoms with Gasteiger partial charge in [-0.3, -0.25) is 9.59 Å². The number of hydrogen-bond acceptors (Lipinski definition) is 7. The van der Waals surface area contributed by atoms with Gasteiger partial charge in [0.25, 0.3) is 5.91 Å². The van der Waals surface area contributed by atoms with Crippen LogP contribution in [0.3, 0.4) is 0 Å². The van der Waals surface area contributed by atoms with Crippen molar-refractivity contribution in [2.45, 2.75) is 23.6 Å². The van der Waals surface area contributed by atoms with E-state index in [0.717, 1.165) is 21.3 Å². The van der Waals surface area contributed by atoms with Crippen molar-refractivity contribution in [1.29, 1.82) is 0 Å². The summed E-state index contributed by atoms with van der Waals surface area (Å²) in [5.41, 5.74) is 0.153. The second kappa shape index (κ2) is 9.74. The number of carbonyl (C=O) groups is 2. The number of nitrogens with zero attached hydrogens (tertiary/aromatic N) is 2. The van der Waals surface area contributed by atoms with Crippen LogP contribution in [0.25, 0.3) is 0 Å². The summed E-state index contributed by atoms with van der Waals surface area (Å²) in [6.45, 7) is -0.331. The van der Waals surface area contributed by atoms with Crippen molar-refractivity contribution < 1.29 is 36.6 Å². The highest BCUT2D eigenvalue weighted by Crippen LogP contribution is 2.30. The minimum atomic E-state index is -4.24. The van der Waals surface area contributed by atoms with Gasteiger partial charge in [0, 0.05) is 14.2 Å². The minimum Gasteiger partial charge on any atom is -0.497 e. The molecule has 2 aromatic rings. The Hall–Kier alpha value is -2.86. The summed E-state index contributed by atoms with van der Waals surface area (Å²) >= 11 is 0. The molecule has 172 valence electrons. The van der Waals surface area contributed by atoms with Crippen molar-refractivity contribution in [2.24, 2.45) is 0 Å². The minimum absolute atomic E-state index is 0.0928. The Bertz CT molecular complexity index is 1070. The first-order valence-electron chi connectivity index (χ1n) is 9.56. The summed E-state index contributed by atoms with van der Waals surface area (Å²) in [6, 6.07) is 9.09. The first-order chi connectivity index (χ1) is 15.2. The average Bonchev–Trinajstić information content (AvgIpc) is 3.08. The summed E-state index contributed by atoms with van der Waals surface area (Å²) in [6.07, 6.45) is -1.36. The van der Waals surface area contributed by atoms with E-state index in [4.69, 9.17) is 14.2 Å². The summed E-state index contributed by atoms with van der Waals surface area (Å²) < 4.78 is 56.5. The Morgan fingerprint density at radius 3 is 2.16 bits per heavy atom. The molecule has 1 aliphatic heterocycles. The molecule has 32 heavy (non-hydrogen) atoms. The monoisotopic (exact) mass is 466 g/mol. The van der Waals surface area contributed by atoms with Gasteiger partial charge in [0.2, 0.25) is 15.9 Å². The lowest BCUT2D eigenvalue weighted by molar-refractivity contribution is -0.125. The molecular formula is C21H23FN2O7S. The molecule has 0 saturated carbocycles. The molecule has 1 saturated heterocycles. The average molecular weight is 466 g/mol. The predicted octanol–water partition coefficient (Wildman–Crippen LogP) is 1.78. The van der Waals surface area contributed by atoms with E-state index in [1.807, 2.05) is 0 Å². The fraction of sp³-hybridized carbons (Fsp3) is 0.333. The standard InChI is InChI=1S/C21H23FN2O7S/c1-29-16-8-10-17(11-9-16)32(27,28)23(13-20(30-2)31-3)18-12-19(25)24(21(18)26)15-6-4-14(22)5-7-15/h4-11,18,20H,12-13H2,1-3H3. The van der Waals surface area contributed by atoms with Crippen LogP contribution in [0.2, 0.25) is 0 Å². The van der Waals surface area contributed by atoms with Gasteiger partial charge < -0.3 is 14.2 Å². The molecule has 1 atom stereocenters. The second-order valence-corrected chi connectivity index (χ2v) is 8.81. The van der Waals surface area contributed by atoms with Crippen molar-refractivity contribution >= 4 is 27.5 Å². The van der Waals surface area contributed by atoms with Gasteiger partial charge in [-0.15, -0.1) is 0 Å². The normalized spacial score (nSPS) is 16.9. The Balaban J connectivity index is 2.00. The number of ether oxygens (including phenoxy) is 3. The smallest absolute Gasteiger partial charge is 0.252 e. The summed E-state index contributed by atoms with van der Waals surface area (Å²) in [5.74, 6) is -1.43. The molecule has 1 fully saturated rings. The molecular weight excluding hydrogens is 443 g/mol. The molecule has 2 aromatic carbocycles. The van der Waals surface area contributed by atoms with Gasteiger partial charge in [-0.2, -0.15) is 4.31 Å². The van der Waals surface area contributed by atoms with Crippen molar-refractivity contribution in [2.75, 3.05) is 32.8 Å². The number of amides is 2. The highest BCUT2D eigenvalue weighted by Gasteiger charge is 2.47. The largest absolute Gasteiger partial charge is 0.497 e. The zero-order chi connectivity index (χ0) is 23.5. The van der Waals surface area contributed by atoms with Crippen LogP contribution in [0, 0.1) is 5.82 Å². The van der Waals surface area contributed by atoms with E-state index in [1.54, 1.807) is 0 Å². The van der Waals surface area contributed by atoms with E-state index in [2.05, 4.69) is 0 Å². The molecule has 3 rings (SSSR count). The van der Waals surface area contributed by atoms with Gasteiger partial charge in [-0.25, -0.2) is 17.7 Å². The fourth-order valence-corrected chi connectivity index (χ4v) is 4.94. The molecule has 2 amide bonds. The molecule has 0 radical (unpaired) electrons. The number of benzene rings is 2. The van der Waals surface area contributed by atoms with Crippen LogP contribution in [-0.2, 0) is 29.1 Å². The lowest BCUT2D eigenvalue weighted by Crippen LogP contribution is -2.49. The molecule has 1 aliphatic rings. The number of anilines is 1. The lowest BCUT2D eigenvalue weighted by Gasteiger charge is -2.29. The third-order valence-corrected chi connectivity index (χ3v) is 6.96. The molecule has 0 N–H and O–H groups in total. The lowest BCUT2D eigenvalue weighted by atomic mass is 10.2. The van der Waals surface area contributed by atoms with Crippen LogP contribution in [0.15, 0.2) is 53.4 Å². The third kappa shape index (κ3) is 4.65. The van der Waals surface area contributed by atoms with Gasteiger partial charge in [0.1, 0.15) is 17.6 Å². The van der Waals surface area contributed by atoms with Crippen LogP contribution >= 0.6 is 0 Å². The van der Waals surface area contributed by atoms with E-state index in [9.17, 15) is 22.4 Å². The number of rotatable bonds is 9. The summed E-state index contributed by atoms with van der Waals surface area (Å²) in [7, 11) is -0.122. The molecule has 1 heterocycles. The number of imide groups is 1. The van der Waals surface area contributed by atoms with Crippen molar-refractivity contribution in [3.8, 4) is 5.75 Å². The van der Waals surface area contributed by atoms with E-state index >= 15 is 0 Å². The quantitative estimate of drug-likeness (QED) is 0.410. The maximum Gasteiger partial charge on any atom is 0.252 e. The Labute approximate surface area is 185 Å². The van der Waals surface area contributed by atoms with Gasteiger partial charge in [0.15, 0.2) is 6.29 Å². The van der Waals surface area contributed by atoms with Crippen LogP contribution in [0.4, 0.5) is 10.1 Å². The zero-order valence-electron chi connectivity index (χ0n) is 17.7. The van der Waals surface area contributed by atoms with Gasteiger partial charge in [0.05, 0.1) is 30.7 Å². The predicted molar refractivity (Wildman–Crippen MR) is 112 cm³/mol. The van der Waals surface area contributed by atoms with E-state index < -0.39 is 40.0 Å². The van der Waals surface area contributed by atoms with Crippen LogP contribution in [0.1, 0.15) is 6.42 Å². The summed E-state index contributed by atoms with van der Waals surface area (Å²) in [5, 5.41) is 0.